The van der Waals surface area contributed by atoms with E-state index in [2.05, 4.69) is 15.8 Å². The zero-order valence-electron chi connectivity index (χ0n) is 31.7. The molecule has 3 saturated heterocycles. The smallest absolute Gasteiger partial charge is 0.319 e. The number of hydrogen-bond donors (Lipinski definition) is 2. The molecule has 2 aromatic carbocycles. The number of ether oxygens (including phenoxy) is 3. The maximum atomic E-state index is 17.3. The van der Waals surface area contributed by atoms with E-state index in [0.717, 1.165) is 51.9 Å². The Balaban J connectivity index is 1.13. The van der Waals surface area contributed by atoms with Crippen LogP contribution in [0.3, 0.4) is 0 Å². The molecule has 5 fully saturated rings. The number of aromatic nitrogens is 3. The van der Waals surface area contributed by atoms with Crippen LogP contribution in [0.5, 0.6) is 17.6 Å². The Morgan fingerprint density at radius 2 is 1.76 bits per heavy atom. The molecule has 5 aliphatic rings. The number of hydrogen-bond acceptors (Lipinski definition) is 10. The second kappa shape index (κ2) is 13.7. The Morgan fingerprint density at radius 3 is 2.49 bits per heavy atom. The van der Waals surface area contributed by atoms with Crippen LogP contribution in [0.25, 0.3) is 32.9 Å². The molecule has 290 valence electrons. The first kappa shape index (κ1) is 36.3. The molecule has 12 heteroatoms. The van der Waals surface area contributed by atoms with Crippen molar-refractivity contribution in [2.75, 3.05) is 51.5 Å². The molecular formula is C43H49F2N5O5. The minimum absolute atomic E-state index is 0.0312. The number of anilines is 1. The highest BCUT2D eigenvalue weighted by atomic mass is 19.1. The maximum absolute atomic E-state index is 17.3. The normalized spacial score (nSPS) is 26.9. The van der Waals surface area contributed by atoms with Gasteiger partial charge in [0.25, 0.3) is 0 Å². The van der Waals surface area contributed by atoms with Crippen molar-refractivity contribution in [1.29, 1.82) is 0 Å². The van der Waals surface area contributed by atoms with Gasteiger partial charge in [-0.2, -0.15) is 9.97 Å². The van der Waals surface area contributed by atoms with Crippen molar-refractivity contribution in [1.82, 2.24) is 19.9 Å². The minimum atomic E-state index is -1.00. The molecule has 55 heavy (non-hydrogen) atoms. The van der Waals surface area contributed by atoms with Gasteiger partial charge in [0.2, 0.25) is 5.88 Å². The summed E-state index contributed by atoms with van der Waals surface area (Å²) in [5, 5.41) is 22.8. The van der Waals surface area contributed by atoms with Crippen molar-refractivity contribution >= 4 is 27.5 Å². The van der Waals surface area contributed by atoms with Gasteiger partial charge in [-0.25, -0.2) is 13.8 Å². The van der Waals surface area contributed by atoms with Gasteiger partial charge in [-0.15, -0.1) is 6.42 Å². The molecule has 2 aliphatic carbocycles. The largest absolute Gasteiger partial charge is 0.508 e. The summed E-state index contributed by atoms with van der Waals surface area (Å²) in [6, 6.07) is 6.46. The first-order valence-corrected chi connectivity index (χ1v) is 19.8. The summed E-state index contributed by atoms with van der Waals surface area (Å²) in [5.41, 5.74) is -0.966. The number of aliphatic hydroxyl groups is 1. The van der Waals surface area contributed by atoms with Gasteiger partial charge in [-0.3, -0.25) is 4.90 Å². The summed E-state index contributed by atoms with van der Waals surface area (Å²) in [7, 11) is 1.43. The van der Waals surface area contributed by atoms with Crippen LogP contribution in [0, 0.1) is 34.8 Å². The van der Waals surface area contributed by atoms with Gasteiger partial charge in [0, 0.05) is 47.0 Å². The highest BCUT2D eigenvalue weighted by molar-refractivity contribution is 6.04. The fourth-order valence-electron chi connectivity index (χ4n) is 10.7. The van der Waals surface area contributed by atoms with Gasteiger partial charge in [-0.1, -0.05) is 18.4 Å². The van der Waals surface area contributed by atoms with Crippen molar-refractivity contribution in [3.05, 3.63) is 41.5 Å². The summed E-state index contributed by atoms with van der Waals surface area (Å²) in [5.74, 6) is 1.14. The van der Waals surface area contributed by atoms with Crippen molar-refractivity contribution in [3.8, 4) is 41.2 Å². The molecule has 4 aromatic rings. The van der Waals surface area contributed by atoms with Crippen molar-refractivity contribution in [2.24, 2.45) is 10.8 Å². The number of pyridine rings is 1. The molecule has 2 N–H and O–H groups in total. The van der Waals surface area contributed by atoms with E-state index in [9.17, 15) is 10.2 Å². The molecule has 2 saturated carbocycles. The Hall–Kier alpha value is -4.31. The predicted molar refractivity (Wildman–Crippen MR) is 205 cm³/mol. The van der Waals surface area contributed by atoms with E-state index < -0.39 is 17.2 Å². The third-order valence-corrected chi connectivity index (χ3v) is 13.5. The average Bonchev–Trinajstić information content (AvgIpc) is 3.61. The number of likely N-dealkylation sites (tertiary alicyclic amines) is 1. The molecule has 0 radical (unpaired) electrons. The third kappa shape index (κ3) is 6.23. The van der Waals surface area contributed by atoms with Crippen LogP contribution in [-0.4, -0.2) is 94.3 Å². The number of terminal acetylenes is 1. The van der Waals surface area contributed by atoms with Crippen LogP contribution in [0.1, 0.15) is 83.1 Å². The number of rotatable bonds is 7. The van der Waals surface area contributed by atoms with Gasteiger partial charge in [0.1, 0.15) is 34.0 Å². The van der Waals surface area contributed by atoms with E-state index in [-0.39, 0.29) is 62.7 Å². The van der Waals surface area contributed by atoms with Crippen LogP contribution in [0.15, 0.2) is 24.3 Å². The molecule has 9 rings (SSSR count). The second-order valence-corrected chi connectivity index (χ2v) is 17.1. The lowest BCUT2D eigenvalue weighted by atomic mass is 9.69. The highest BCUT2D eigenvalue weighted by Crippen LogP contribution is 2.52. The molecule has 10 nitrogen and oxygen atoms in total. The Morgan fingerprint density at radius 1 is 0.982 bits per heavy atom. The number of halogens is 2. The average molecular weight is 754 g/mol. The molecule has 3 unspecified atom stereocenters. The van der Waals surface area contributed by atoms with E-state index in [1.807, 2.05) is 4.90 Å². The minimum Gasteiger partial charge on any atom is -0.508 e. The number of methoxy groups -OCH3 is 1. The Labute approximate surface area is 320 Å². The molecule has 1 spiro atoms. The summed E-state index contributed by atoms with van der Waals surface area (Å²) >= 11 is 0. The van der Waals surface area contributed by atoms with E-state index >= 15 is 8.78 Å². The standard InChI is InChI=1S/C43H49F2N5O5/c1-4-29-31(44)10-9-26-20-28(51)21-30(33(26)29)36-35(45)37-34(39(46-36)53-3)38(49-18-6-13-41(2,52)22-49)48-40(47-37)55-25-43-14-5-8-32(43)50(19-7-15-43)27-11-16-42(17-12-27)23-54-24-42/h1,9-10,20-21,27,32,51-52H,5-8,11-19,22-25H2,2-3H3. The molecular weight excluding hydrogens is 704 g/mol. The molecule has 0 amide bonds. The number of nitrogens with zero attached hydrogens (tertiary/aromatic N) is 5. The van der Waals surface area contributed by atoms with Crippen LogP contribution >= 0.6 is 0 Å². The van der Waals surface area contributed by atoms with Crippen molar-refractivity contribution in [2.45, 2.75) is 95.2 Å². The first-order valence-electron chi connectivity index (χ1n) is 19.8. The third-order valence-electron chi connectivity index (χ3n) is 13.5. The van der Waals surface area contributed by atoms with E-state index in [1.165, 1.54) is 57.1 Å². The monoisotopic (exact) mass is 753 g/mol. The quantitative estimate of drug-likeness (QED) is 0.189. The molecule has 5 heterocycles. The predicted octanol–water partition coefficient (Wildman–Crippen LogP) is 7.14. The second-order valence-electron chi connectivity index (χ2n) is 17.1. The van der Waals surface area contributed by atoms with Gasteiger partial charge in [-0.05, 0) is 101 Å². The van der Waals surface area contributed by atoms with E-state index in [1.54, 1.807) is 6.92 Å². The van der Waals surface area contributed by atoms with Crippen LogP contribution in [0.4, 0.5) is 14.6 Å². The lowest BCUT2D eigenvalue weighted by Crippen LogP contribution is -2.57. The first-order chi connectivity index (χ1) is 26.5. The number of fused-ring (bicyclic) bond motifs is 3. The highest BCUT2D eigenvalue weighted by Gasteiger charge is 2.52. The number of phenolic OH excluding ortho intramolecular Hbond substituents is 1. The summed E-state index contributed by atoms with van der Waals surface area (Å²) in [6.07, 6.45) is 17.4. The zero-order chi connectivity index (χ0) is 38.1. The summed E-state index contributed by atoms with van der Waals surface area (Å²) in [6.45, 7) is 5.91. The Bertz CT molecular complexity index is 2190. The van der Waals surface area contributed by atoms with Gasteiger partial charge in [0.15, 0.2) is 5.82 Å². The van der Waals surface area contributed by atoms with Gasteiger partial charge in [0.05, 0.1) is 38.1 Å². The maximum Gasteiger partial charge on any atom is 0.319 e. The molecule has 3 aliphatic heterocycles. The molecule has 0 bridgehead atoms. The van der Waals surface area contributed by atoms with Crippen LogP contribution in [-0.2, 0) is 4.74 Å². The number of benzene rings is 2. The fraction of sp³-hybridized carbons (Fsp3) is 0.558. The number of aromatic hydroxyl groups is 1. The van der Waals surface area contributed by atoms with Crippen LogP contribution in [0.2, 0.25) is 0 Å². The Kier molecular flexibility index (Phi) is 9.06. The molecule has 3 atom stereocenters. The lowest BCUT2D eigenvalue weighted by molar-refractivity contribution is -0.143. The number of piperidine rings is 2. The summed E-state index contributed by atoms with van der Waals surface area (Å²) in [4.78, 5) is 19.0. The lowest BCUT2D eigenvalue weighted by Gasteiger charge is -2.53. The topological polar surface area (TPSA) is 113 Å². The zero-order valence-corrected chi connectivity index (χ0v) is 31.7. The van der Waals surface area contributed by atoms with Crippen LogP contribution < -0.4 is 14.4 Å². The number of β-amino-alcohol motifs (C(OH)–C–C–N with tert-alkyl or cyclic N) is 1. The van der Waals surface area contributed by atoms with Gasteiger partial charge < -0.3 is 29.3 Å². The fourth-order valence-corrected chi connectivity index (χ4v) is 10.7. The van der Waals surface area contributed by atoms with Crippen molar-refractivity contribution < 1.29 is 33.2 Å². The summed E-state index contributed by atoms with van der Waals surface area (Å²) < 4.78 is 50.5. The van der Waals surface area contributed by atoms with Crippen molar-refractivity contribution in [3.63, 3.8) is 0 Å². The van der Waals surface area contributed by atoms with Gasteiger partial charge >= 0.3 is 6.01 Å². The van der Waals surface area contributed by atoms with E-state index in [4.69, 9.17) is 30.6 Å². The van der Waals surface area contributed by atoms with E-state index in [0.29, 0.717) is 54.7 Å². The molecule has 2 aromatic heterocycles. The number of phenols is 1. The SMILES string of the molecule is C#Cc1c(F)ccc2cc(O)cc(-c3nc(OC)c4c(N5CCCC(C)(O)C5)nc(OCC56CCCC5N(C5CCC7(CC5)COC7)CCC6)nc4c3F)c12.